The zero-order valence-electron chi connectivity index (χ0n) is 26.1. The van der Waals surface area contributed by atoms with E-state index in [1.54, 1.807) is 0 Å². The fourth-order valence-electron chi connectivity index (χ4n) is 11.0. The van der Waals surface area contributed by atoms with Crippen molar-refractivity contribution in [2.24, 2.45) is 50.2 Å². The summed E-state index contributed by atoms with van der Waals surface area (Å²) in [6.45, 7) is 15.5. The molecule has 5 aliphatic carbocycles. The highest BCUT2D eigenvalue weighted by Crippen LogP contribution is 2.75. The topological polar surface area (TPSA) is 118 Å². The summed E-state index contributed by atoms with van der Waals surface area (Å²) in [5.41, 5.74) is -0.553. The van der Waals surface area contributed by atoms with Crippen molar-refractivity contribution in [3.05, 3.63) is 11.6 Å². The SMILES string of the molecule is CC1(C)C2CC[C@]3(C)[C@H](C(=O)C=C4[C@@H]5C[C@@](C)(C(=O)O)CC[C@]5(C)CC[C@]43C)[C@@]2(C)CC[C@@H]1OC(=O)CCC(=O)O. The van der Waals surface area contributed by atoms with E-state index < -0.39 is 23.3 Å². The van der Waals surface area contributed by atoms with Crippen LogP contribution in [0.1, 0.15) is 119 Å². The van der Waals surface area contributed by atoms with Crippen LogP contribution in [-0.4, -0.2) is 40.0 Å². The Morgan fingerprint density at radius 1 is 0.878 bits per heavy atom. The Hall–Kier alpha value is -2.18. The largest absolute Gasteiger partial charge is 0.481 e. The Balaban J connectivity index is 1.49. The van der Waals surface area contributed by atoms with Crippen LogP contribution in [0.3, 0.4) is 0 Å². The van der Waals surface area contributed by atoms with Gasteiger partial charge in [-0.05, 0) is 104 Å². The molecule has 0 radical (unpaired) electrons. The Morgan fingerprint density at radius 2 is 1.54 bits per heavy atom. The van der Waals surface area contributed by atoms with Gasteiger partial charge in [-0.1, -0.05) is 47.1 Å². The molecule has 0 aromatic carbocycles. The molecule has 0 aromatic heterocycles. The number of aliphatic carboxylic acids is 2. The minimum Gasteiger partial charge on any atom is -0.481 e. The van der Waals surface area contributed by atoms with Gasteiger partial charge in [0, 0.05) is 11.3 Å². The third-order valence-corrected chi connectivity index (χ3v) is 13.8. The Labute approximate surface area is 244 Å². The van der Waals surface area contributed by atoms with Gasteiger partial charge in [0.2, 0.25) is 0 Å². The lowest BCUT2D eigenvalue weighted by Gasteiger charge is -2.70. The maximum atomic E-state index is 14.5. The summed E-state index contributed by atoms with van der Waals surface area (Å²) in [4.78, 5) is 50.3. The van der Waals surface area contributed by atoms with Crippen molar-refractivity contribution in [3.63, 3.8) is 0 Å². The molecule has 0 aliphatic heterocycles. The predicted octanol–water partition coefficient (Wildman–Crippen LogP) is 6.83. The number of carboxylic acid groups (broad SMARTS) is 2. The van der Waals surface area contributed by atoms with Crippen LogP contribution < -0.4 is 0 Å². The molecular weight excluding hydrogens is 520 g/mol. The Bertz CT molecular complexity index is 1200. The average Bonchev–Trinajstić information content (AvgIpc) is 2.86. The lowest BCUT2D eigenvalue weighted by atomic mass is 9.33. The number of carboxylic acids is 2. The first-order valence-corrected chi connectivity index (χ1v) is 15.7. The average molecular weight is 571 g/mol. The van der Waals surface area contributed by atoms with Crippen LogP contribution in [0.15, 0.2) is 11.6 Å². The molecule has 41 heavy (non-hydrogen) atoms. The number of hydrogen-bond donors (Lipinski definition) is 2. The van der Waals surface area contributed by atoms with E-state index in [9.17, 15) is 24.3 Å². The second-order valence-corrected chi connectivity index (χ2v) is 16.3. The molecule has 2 N–H and O–H groups in total. The van der Waals surface area contributed by atoms with Crippen LogP contribution in [0.4, 0.5) is 0 Å². The van der Waals surface area contributed by atoms with Crippen molar-refractivity contribution in [3.8, 4) is 0 Å². The van der Waals surface area contributed by atoms with Crippen molar-refractivity contribution in [2.45, 2.75) is 125 Å². The molecule has 0 heterocycles. The molecular formula is C34H50O7. The summed E-state index contributed by atoms with van der Waals surface area (Å²) in [5.74, 6) is -1.87. The van der Waals surface area contributed by atoms with Gasteiger partial charge in [-0.15, -0.1) is 0 Å². The molecule has 5 rings (SSSR count). The smallest absolute Gasteiger partial charge is 0.309 e. The fraction of sp³-hybridized carbons (Fsp3) is 0.824. The zero-order valence-corrected chi connectivity index (χ0v) is 26.1. The van der Waals surface area contributed by atoms with E-state index in [0.717, 1.165) is 38.5 Å². The summed E-state index contributed by atoms with van der Waals surface area (Å²) >= 11 is 0. The van der Waals surface area contributed by atoms with Crippen LogP contribution in [0, 0.1) is 50.2 Å². The molecule has 0 spiro atoms. The van der Waals surface area contributed by atoms with E-state index in [1.807, 2.05) is 13.0 Å². The molecule has 0 bridgehead atoms. The monoisotopic (exact) mass is 570 g/mol. The normalized spacial score (nSPS) is 46.6. The third kappa shape index (κ3) is 4.25. The van der Waals surface area contributed by atoms with Gasteiger partial charge in [0.25, 0.3) is 0 Å². The van der Waals surface area contributed by atoms with Crippen molar-refractivity contribution < 1.29 is 34.1 Å². The molecule has 1 unspecified atom stereocenters. The van der Waals surface area contributed by atoms with Gasteiger partial charge in [-0.3, -0.25) is 19.2 Å². The van der Waals surface area contributed by atoms with Gasteiger partial charge in [0.1, 0.15) is 6.10 Å². The van der Waals surface area contributed by atoms with Crippen LogP contribution in [0.5, 0.6) is 0 Å². The quantitative estimate of drug-likeness (QED) is 0.348. The molecule has 4 saturated carbocycles. The van der Waals surface area contributed by atoms with Crippen LogP contribution in [0.2, 0.25) is 0 Å². The molecule has 228 valence electrons. The second kappa shape index (κ2) is 9.41. The highest BCUT2D eigenvalue weighted by molar-refractivity contribution is 5.95. The fourth-order valence-corrected chi connectivity index (χ4v) is 11.0. The van der Waals surface area contributed by atoms with Gasteiger partial charge >= 0.3 is 17.9 Å². The maximum Gasteiger partial charge on any atom is 0.309 e. The first-order chi connectivity index (χ1) is 18.8. The summed E-state index contributed by atoms with van der Waals surface area (Å²) in [6, 6.07) is 0. The molecule has 0 amide bonds. The molecule has 9 atom stereocenters. The van der Waals surface area contributed by atoms with Crippen molar-refractivity contribution in [1.29, 1.82) is 0 Å². The summed E-state index contributed by atoms with van der Waals surface area (Å²) < 4.78 is 5.91. The van der Waals surface area contributed by atoms with E-state index in [1.165, 1.54) is 5.57 Å². The number of carbonyl (C=O) groups is 4. The van der Waals surface area contributed by atoms with Gasteiger partial charge < -0.3 is 14.9 Å². The number of hydrogen-bond acceptors (Lipinski definition) is 5. The number of ether oxygens (including phenoxy) is 1. The minimum atomic E-state index is -1.01. The van der Waals surface area contributed by atoms with E-state index in [0.29, 0.717) is 19.3 Å². The third-order valence-electron chi connectivity index (χ3n) is 13.8. The molecule has 0 saturated heterocycles. The van der Waals surface area contributed by atoms with E-state index in [-0.39, 0.29) is 69.6 Å². The Morgan fingerprint density at radius 3 is 2.17 bits per heavy atom. The van der Waals surface area contributed by atoms with Crippen LogP contribution in [-0.2, 0) is 23.9 Å². The lowest BCUT2D eigenvalue weighted by Crippen LogP contribution is -2.66. The number of esters is 1. The number of allylic oxidation sites excluding steroid dienone is 2. The van der Waals surface area contributed by atoms with Gasteiger partial charge in [-0.2, -0.15) is 0 Å². The maximum absolute atomic E-state index is 14.5. The van der Waals surface area contributed by atoms with Crippen molar-refractivity contribution in [1.82, 2.24) is 0 Å². The molecule has 7 nitrogen and oxygen atoms in total. The molecule has 0 aromatic rings. The van der Waals surface area contributed by atoms with Crippen LogP contribution in [0.25, 0.3) is 0 Å². The van der Waals surface area contributed by atoms with Crippen molar-refractivity contribution in [2.75, 3.05) is 0 Å². The number of rotatable bonds is 5. The van der Waals surface area contributed by atoms with Gasteiger partial charge in [0.05, 0.1) is 18.3 Å². The summed E-state index contributed by atoms with van der Waals surface area (Å²) in [6.07, 6.45) is 8.80. The number of fused-ring (bicyclic) bond motifs is 7. The number of carbonyl (C=O) groups excluding carboxylic acids is 2. The predicted molar refractivity (Wildman–Crippen MR) is 154 cm³/mol. The lowest BCUT2D eigenvalue weighted by molar-refractivity contribution is -0.211. The van der Waals surface area contributed by atoms with Gasteiger partial charge in [-0.25, -0.2) is 0 Å². The van der Waals surface area contributed by atoms with Crippen LogP contribution >= 0.6 is 0 Å². The first-order valence-electron chi connectivity index (χ1n) is 15.7. The highest BCUT2D eigenvalue weighted by atomic mass is 16.5. The molecule has 5 aliphatic rings. The minimum absolute atomic E-state index is 0.0233. The van der Waals surface area contributed by atoms with E-state index in [2.05, 4.69) is 41.5 Å². The molecule has 7 heteroatoms. The highest BCUT2D eigenvalue weighted by Gasteiger charge is 2.70. The zero-order chi connectivity index (χ0) is 30.4. The van der Waals surface area contributed by atoms with E-state index in [4.69, 9.17) is 9.84 Å². The first kappa shape index (κ1) is 30.3. The standard InChI is InChI=1S/C34H50O7/c1-29(2)23-10-13-34(7)27(32(23,5)12-11-24(29)41-26(38)9-8-25(36)37)22(35)18-20-21-19-31(4,28(39)40)15-14-30(21,3)16-17-33(20,34)6/h18,21,23-24,27H,8-17,19H2,1-7H3,(H,36,37)(H,39,40)/t21-,23?,24-,27+,30+,31-,32-,33+,34+/m0/s1. The Kier molecular flexibility index (Phi) is 6.95. The number of ketones is 1. The molecule has 4 fully saturated rings. The summed E-state index contributed by atoms with van der Waals surface area (Å²) in [5, 5.41) is 19.1. The van der Waals surface area contributed by atoms with E-state index >= 15 is 0 Å². The second-order valence-electron chi connectivity index (χ2n) is 16.3. The van der Waals surface area contributed by atoms with Gasteiger partial charge in [0.15, 0.2) is 5.78 Å². The van der Waals surface area contributed by atoms with Crippen molar-refractivity contribution >= 4 is 23.7 Å². The summed E-state index contributed by atoms with van der Waals surface area (Å²) in [7, 11) is 0.